The first kappa shape index (κ1) is 19.5. The summed E-state index contributed by atoms with van der Waals surface area (Å²) < 4.78 is 8.27. The van der Waals surface area contributed by atoms with Crippen molar-refractivity contribution in [1.29, 1.82) is 0 Å². The monoisotopic (exact) mass is 460 g/mol. The molecule has 2 heterocycles. The number of carbonyl (C=O) groups excluding carboxylic acids is 1. The molecule has 0 bridgehead atoms. The van der Waals surface area contributed by atoms with Crippen LogP contribution in [0.1, 0.15) is 35.8 Å². The van der Waals surface area contributed by atoms with Gasteiger partial charge in [-0.2, -0.15) is 0 Å². The van der Waals surface area contributed by atoms with E-state index >= 15 is 0 Å². The number of carbonyl (C=O) groups is 1. The fourth-order valence-electron chi connectivity index (χ4n) is 3.93. The summed E-state index contributed by atoms with van der Waals surface area (Å²) in [5.41, 5.74) is 3.42. The van der Waals surface area contributed by atoms with E-state index < -0.39 is 0 Å². The van der Waals surface area contributed by atoms with E-state index in [1.165, 1.54) is 12.8 Å². The lowest BCUT2D eigenvalue weighted by molar-refractivity contribution is 0.0515. The minimum atomic E-state index is -0.302. The van der Waals surface area contributed by atoms with Gasteiger partial charge < -0.3 is 9.30 Å². The largest absolute Gasteiger partial charge is 0.461 e. The Hall–Kier alpha value is -1.82. The maximum absolute atomic E-state index is 13.1. The van der Waals surface area contributed by atoms with Crippen molar-refractivity contribution in [3.05, 3.63) is 63.2 Å². The Morgan fingerprint density at radius 2 is 1.89 bits per heavy atom. The molecule has 2 aromatic carbocycles. The Balaban J connectivity index is 2.01. The van der Waals surface area contributed by atoms with Crippen molar-refractivity contribution >= 4 is 44.4 Å². The van der Waals surface area contributed by atoms with Crippen molar-refractivity contribution < 1.29 is 9.53 Å². The molecule has 0 saturated carbocycles. The molecule has 1 aliphatic rings. The molecule has 6 heteroatoms. The lowest BCUT2D eigenvalue weighted by Crippen LogP contribution is -2.21. The van der Waals surface area contributed by atoms with Gasteiger partial charge in [-0.25, -0.2) is 4.79 Å². The van der Waals surface area contributed by atoms with Gasteiger partial charge >= 0.3 is 5.97 Å². The van der Waals surface area contributed by atoms with Crippen LogP contribution in [0.15, 0.2) is 46.9 Å². The molecule has 1 saturated heterocycles. The number of esters is 1. The molecule has 4 rings (SSSR count). The number of nitrogens with zero attached hydrogens (tertiary/aromatic N) is 2. The maximum Gasteiger partial charge on any atom is 0.355 e. The number of para-hydroxylation sites is 1. The molecule has 1 aromatic heterocycles. The Morgan fingerprint density at radius 3 is 2.57 bits per heavy atom. The van der Waals surface area contributed by atoms with Gasteiger partial charge in [0, 0.05) is 27.7 Å². The summed E-state index contributed by atoms with van der Waals surface area (Å²) in [5, 5.41) is 1.64. The zero-order valence-corrected chi connectivity index (χ0v) is 18.1. The zero-order valence-electron chi connectivity index (χ0n) is 15.8. The normalized spacial score (nSPS) is 14.7. The molecule has 0 radical (unpaired) electrons. The summed E-state index contributed by atoms with van der Waals surface area (Å²) >= 11 is 9.98. The third kappa shape index (κ3) is 3.59. The van der Waals surface area contributed by atoms with Crippen LogP contribution in [-0.4, -0.2) is 35.1 Å². The van der Waals surface area contributed by atoms with Crippen LogP contribution in [0.2, 0.25) is 5.02 Å². The summed E-state index contributed by atoms with van der Waals surface area (Å²) in [4.78, 5) is 15.5. The van der Waals surface area contributed by atoms with E-state index in [1.54, 1.807) is 0 Å². The molecule has 1 aliphatic heterocycles. The van der Waals surface area contributed by atoms with Crippen LogP contribution in [0, 0.1) is 0 Å². The van der Waals surface area contributed by atoms with Crippen LogP contribution in [0.3, 0.4) is 0 Å². The fraction of sp³-hybridized carbons (Fsp3) is 0.318. The molecular weight excluding hydrogens is 440 g/mol. The Bertz CT molecular complexity index is 1010. The molecular formula is C22H22BrClN2O2. The molecule has 0 aliphatic carbocycles. The van der Waals surface area contributed by atoms with Crippen LogP contribution in [0.4, 0.5) is 0 Å². The average molecular weight is 462 g/mol. The van der Waals surface area contributed by atoms with E-state index in [9.17, 15) is 4.79 Å². The molecule has 0 unspecified atom stereocenters. The predicted molar refractivity (Wildman–Crippen MR) is 116 cm³/mol. The molecule has 4 nitrogen and oxygen atoms in total. The van der Waals surface area contributed by atoms with Crippen molar-refractivity contribution in [1.82, 2.24) is 9.47 Å². The van der Waals surface area contributed by atoms with Crippen LogP contribution >= 0.6 is 27.5 Å². The van der Waals surface area contributed by atoms with Gasteiger partial charge in [0.25, 0.3) is 0 Å². The minimum absolute atomic E-state index is 0.302. The maximum atomic E-state index is 13.1. The van der Waals surface area contributed by atoms with Crippen LogP contribution < -0.4 is 0 Å². The lowest BCUT2D eigenvalue weighted by atomic mass is 10.1. The summed E-state index contributed by atoms with van der Waals surface area (Å²) in [5.74, 6) is -0.302. The predicted octanol–water partition coefficient (Wildman–Crippen LogP) is 5.82. The van der Waals surface area contributed by atoms with E-state index in [0.29, 0.717) is 17.3 Å². The quantitative estimate of drug-likeness (QED) is 0.449. The molecule has 146 valence electrons. The van der Waals surface area contributed by atoms with Crippen molar-refractivity contribution in [2.75, 3.05) is 19.7 Å². The highest BCUT2D eigenvalue weighted by Crippen LogP contribution is 2.37. The number of hydrogen-bond donors (Lipinski definition) is 0. The first-order valence-electron chi connectivity index (χ1n) is 9.57. The summed E-state index contributed by atoms with van der Waals surface area (Å²) in [6.45, 7) is 4.99. The fourth-order valence-corrected chi connectivity index (χ4v) is 4.43. The second-order valence-electron chi connectivity index (χ2n) is 6.99. The molecule has 0 atom stereocenters. The van der Waals surface area contributed by atoms with Gasteiger partial charge in [-0.05, 0) is 73.1 Å². The third-order valence-corrected chi connectivity index (χ3v) is 6.37. The van der Waals surface area contributed by atoms with E-state index in [-0.39, 0.29) is 5.97 Å². The van der Waals surface area contributed by atoms with E-state index in [4.69, 9.17) is 16.3 Å². The molecule has 1 fully saturated rings. The second kappa shape index (κ2) is 8.27. The molecule has 28 heavy (non-hydrogen) atoms. The van der Waals surface area contributed by atoms with Crippen LogP contribution in [0.5, 0.6) is 0 Å². The Morgan fingerprint density at radius 1 is 1.18 bits per heavy atom. The molecule has 0 N–H and O–H groups in total. The smallest absolute Gasteiger partial charge is 0.355 e. The topological polar surface area (TPSA) is 34.5 Å². The first-order valence-corrected chi connectivity index (χ1v) is 10.7. The second-order valence-corrected chi connectivity index (χ2v) is 8.25. The van der Waals surface area contributed by atoms with Crippen LogP contribution in [-0.2, 0) is 11.3 Å². The number of halogens is 2. The number of likely N-dealkylation sites (tertiary alicyclic amines) is 1. The highest BCUT2D eigenvalue weighted by atomic mass is 79.9. The van der Waals surface area contributed by atoms with Crippen molar-refractivity contribution in [2.45, 2.75) is 26.3 Å². The Labute approximate surface area is 178 Å². The van der Waals surface area contributed by atoms with Crippen molar-refractivity contribution in [2.24, 2.45) is 0 Å². The minimum Gasteiger partial charge on any atom is -0.461 e. The Kier molecular flexibility index (Phi) is 5.76. The third-order valence-electron chi connectivity index (χ3n) is 5.18. The number of ether oxygens (including phenoxy) is 1. The van der Waals surface area contributed by atoms with Crippen LogP contribution in [0.25, 0.3) is 16.6 Å². The molecule has 0 spiro atoms. The first-order chi connectivity index (χ1) is 13.6. The van der Waals surface area contributed by atoms with Gasteiger partial charge in [0.2, 0.25) is 0 Å². The van der Waals surface area contributed by atoms with E-state index in [2.05, 4.69) is 20.8 Å². The number of rotatable bonds is 5. The highest BCUT2D eigenvalue weighted by Gasteiger charge is 2.27. The van der Waals surface area contributed by atoms with Gasteiger partial charge in [-0.3, -0.25) is 4.90 Å². The van der Waals surface area contributed by atoms with E-state index in [0.717, 1.165) is 46.3 Å². The lowest BCUT2D eigenvalue weighted by Gasteiger charge is -2.16. The standard InChI is InChI=1S/C22H22BrClN2O2/c1-2-28-22(27)21-17(14-25-10-6-7-11-25)16-12-18(23)19(24)13-20(16)26(21)15-8-4-3-5-9-15/h3-5,8-9,12-13H,2,6-7,10-11,14H2,1H3. The van der Waals surface area contributed by atoms with Gasteiger partial charge in [0.1, 0.15) is 5.69 Å². The number of aromatic nitrogens is 1. The number of hydrogen-bond acceptors (Lipinski definition) is 3. The summed E-state index contributed by atoms with van der Waals surface area (Å²) in [7, 11) is 0. The van der Waals surface area contributed by atoms with Crippen molar-refractivity contribution in [3.8, 4) is 5.69 Å². The number of fused-ring (bicyclic) bond motifs is 1. The average Bonchev–Trinajstić information content (AvgIpc) is 3.30. The van der Waals surface area contributed by atoms with Gasteiger partial charge in [0.15, 0.2) is 0 Å². The van der Waals surface area contributed by atoms with Gasteiger partial charge in [-0.15, -0.1) is 0 Å². The zero-order chi connectivity index (χ0) is 19.7. The molecule has 0 amide bonds. The highest BCUT2D eigenvalue weighted by molar-refractivity contribution is 9.10. The summed E-state index contributed by atoms with van der Waals surface area (Å²) in [6, 6.07) is 13.8. The van der Waals surface area contributed by atoms with E-state index in [1.807, 2.05) is 54.0 Å². The summed E-state index contributed by atoms with van der Waals surface area (Å²) in [6.07, 6.45) is 2.39. The number of benzene rings is 2. The van der Waals surface area contributed by atoms with Gasteiger partial charge in [-0.1, -0.05) is 29.8 Å². The van der Waals surface area contributed by atoms with Crippen molar-refractivity contribution in [3.63, 3.8) is 0 Å². The van der Waals surface area contributed by atoms with Gasteiger partial charge in [0.05, 0.1) is 17.1 Å². The molecule has 3 aromatic rings. The SMILES string of the molecule is CCOC(=O)c1c(CN2CCCC2)c2cc(Br)c(Cl)cc2n1-c1ccccc1.